The van der Waals surface area contributed by atoms with Crippen molar-refractivity contribution in [1.29, 1.82) is 0 Å². The van der Waals surface area contributed by atoms with Crippen molar-refractivity contribution < 1.29 is 9.32 Å². The summed E-state index contributed by atoms with van der Waals surface area (Å²) in [5.41, 5.74) is 1.83. The summed E-state index contributed by atoms with van der Waals surface area (Å²) < 4.78 is 23.5. The Balaban J connectivity index is 1.43. The summed E-state index contributed by atoms with van der Waals surface area (Å²) in [6.45, 7) is 2.81. The quantitative estimate of drug-likeness (QED) is 0.443. The smallest absolute Gasteiger partial charge is 0.188 e. The Kier molecular flexibility index (Phi) is 5.97. The molecule has 0 saturated heterocycles. The van der Waals surface area contributed by atoms with E-state index in [1.807, 2.05) is 11.4 Å². The van der Waals surface area contributed by atoms with Crippen molar-refractivity contribution in [3.63, 3.8) is 0 Å². The minimum atomic E-state index is -1.35. The first-order chi connectivity index (χ1) is 13.6. The standard InChI is InChI=1S/C17H21N5O2S4/c1-3-10-6-12(25-8-10)7-18-15-16(21-27-20-15)19-13-9-26-17(14(13)23)28(24)22(2)11-4-5-11/h6,8-9,11,23H,3-5,7H2,1-2H3,(H,18,20)(H,19,21). The highest BCUT2D eigenvalue weighted by atomic mass is 32.2. The highest BCUT2D eigenvalue weighted by molar-refractivity contribution is 7.85. The van der Waals surface area contributed by atoms with Gasteiger partial charge in [0.15, 0.2) is 21.6 Å². The van der Waals surface area contributed by atoms with Gasteiger partial charge in [0.25, 0.3) is 0 Å². The molecule has 1 atom stereocenters. The molecular formula is C17H21N5O2S4. The van der Waals surface area contributed by atoms with Crippen molar-refractivity contribution in [3.05, 3.63) is 27.3 Å². The lowest BCUT2D eigenvalue weighted by molar-refractivity contribution is 0.463. The fourth-order valence-corrected chi connectivity index (χ4v) is 6.50. The molecule has 0 bridgehead atoms. The number of aromatic nitrogens is 2. The summed E-state index contributed by atoms with van der Waals surface area (Å²) >= 11 is 4.10. The Morgan fingerprint density at radius 1 is 1.29 bits per heavy atom. The van der Waals surface area contributed by atoms with E-state index < -0.39 is 11.0 Å². The van der Waals surface area contributed by atoms with E-state index in [4.69, 9.17) is 0 Å². The molecule has 28 heavy (non-hydrogen) atoms. The maximum Gasteiger partial charge on any atom is 0.188 e. The summed E-state index contributed by atoms with van der Waals surface area (Å²) in [5.74, 6) is 1.21. The Morgan fingerprint density at radius 2 is 2.07 bits per heavy atom. The van der Waals surface area contributed by atoms with Crippen molar-refractivity contribution in [2.75, 3.05) is 17.7 Å². The molecule has 1 saturated carbocycles. The van der Waals surface area contributed by atoms with Gasteiger partial charge in [0.2, 0.25) is 0 Å². The average Bonchev–Trinajstić information content (AvgIpc) is 3.11. The van der Waals surface area contributed by atoms with Crippen LogP contribution in [0.15, 0.2) is 21.0 Å². The normalized spacial score (nSPS) is 15.1. The van der Waals surface area contributed by atoms with E-state index >= 15 is 0 Å². The highest BCUT2D eigenvalue weighted by Crippen LogP contribution is 2.41. The van der Waals surface area contributed by atoms with Crippen molar-refractivity contribution in [3.8, 4) is 5.75 Å². The third kappa shape index (κ3) is 4.23. The third-order valence-electron chi connectivity index (χ3n) is 4.50. The SMILES string of the molecule is CCc1csc(CNc2nsnc2Nc2csc(S(=O)N(C)C3CC3)c2O)c1. The van der Waals surface area contributed by atoms with Crippen molar-refractivity contribution in [2.45, 2.75) is 43.0 Å². The molecule has 0 radical (unpaired) electrons. The third-order valence-corrected chi connectivity index (χ3v) is 8.82. The number of aryl methyl sites for hydroxylation is 1. The lowest BCUT2D eigenvalue weighted by Gasteiger charge is -2.13. The number of rotatable bonds is 9. The topological polar surface area (TPSA) is 90.4 Å². The zero-order valence-electron chi connectivity index (χ0n) is 15.5. The summed E-state index contributed by atoms with van der Waals surface area (Å²) in [7, 11) is 0.481. The van der Waals surface area contributed by atoms with Crippen LogP contribution in [0.3, 0.4) is 0 Å². The molecule has 11 heteroatoms. The van der Waals surface area contributed by atoms with E-state index in [9.17, 15) is 9.32 Å². The van der Waals surface area contributed by atoms with E-state index in [0.29, 0.717) is 34.1 Å². The van der Waals surface area contributed by atoms with Crippen molar-refractivity contribution in [1.82, 2.24) is 13.1 Å². The van der Waals surface area contributed by atoms with Gasteiger partial charge in [0, 0.05) is 23.3 Å². The van der Waals surface area contributed by atoms with Crippen LogP contribution in [0.5, 0.6) is 5.75 Å². The highest BCUT2D eigenvalue weighted by Gasteiger charge is 2.32. The van der Waals surface area contributed by atoms with Crippen LogP contribution < -0.4 is 10.6 Å². The average molecular weight is 456 g/mol. The van der Waals surface area contributed by atoms with Gasteiger partial charge >= 0.3 is 0 Å². The first kappa shape index (κ1) is 19.8. The molecule has 0 aromatic carbocycles. The van der Waals surface area contributed by atoms with Gasteiger partial charge in [-0.25, -0.2) is 8.51 Å². The Bertz CT molecular complexity index is 978. The number of nitrogens with zero attached hydrogens (tertiary/aromatic N) is 3. The summed E-state index contributed by atoms with van der Waals surface area (Å²) in [6.07, 6.45) is 3.14. The van der Waals surface area contributed by atoms with Gasteiger partial charge in [-0.15, -0.1) is 22.7 Å². The van der Waals surface area contributed by atoms with Crippen molar-refractivity contribution in [2.24, 2.45) is 0 Å². The summed E-state index contributed by atoms with van der Waals surface area (Å²) in [4.78, 5) is 1.23. The summed E-state index contributed by atoms with van der Waals surface area (Å²) in [6, 6.07) is 2.54. The van der Waals surface area contributed by atoms with Gasteiger partial charge in [-0.3, -0.25) is 0 Å². The van der Waals surface area contributed by atoms with Crippen LogP contribution in [0.25, 0.3) is 0 Å². The maximum absolute atomic E-state index is 12.6. The van der Waals surface area contributed by atoms with Gasteiger partial charge in [-0.05, 0) is 36.3 Å². The van der Waals surface area contributed by atoms with Crippen LogP contribution in [0, 0.1) is 0 Å². The molecule has 3 aromatic rings. The predicted octanol–water partition coefficient (Wildman–Crippen LogP) is 4.40. The predicted molar refractivity (Wildman–Crippen MR) is 117 cm³/mol. The van der Waals surface area contributed by atoms with Crippen LogP contribution in [-0.4, -0.2) is 35.5 Å². The molecule has 1 fully saturated rings. The number of hydrogen-bond donors (Lipinski definition) is 3. The molecule has 4 rings (SSSR count). The van der Waals surface area contributed by atoms with E-state index in [1.165, 1.54) is 21.8 Å². The number of aromatic hydroxyl groups is 1. The number of nitrogens with one attached hydrogen (secondary N) is 2. The number of anilines is 3. The van der Waals surface area contributed by atoms with Gasteiger partial charge in [0.1, 0.15) is 11.0 Å². The fraction of sp³-hybridized carbons (Fsp3) is 0.412. The Hall–Kier alpha value is -1.53. The molecule has 0 spiro atoms. The molecule has 1 aliphatic carbocycles. The number of thiophene rings is 2. The monoisotopic (exact) mass is 455 g/mol. The number of hydrogen-bond acceptors (Lipinski definition) is 9. The van der Waals surface area contributed by atoms with Crippen LogP contribution in [0.2, 0.25) is 0 Å². The van der Waals surface area contributed by atoms with Crippen molar-refractivity contribution >= 4 is 62.7 Å². The molecule has 7 nitrogen and oxygen atoms in total. The van der Waals surface area contributed by atoms with Gasteiger partial charge in [0.05, 0.1) is 24.0 Å². The lowest BCUT2D eigenvalue weighted by atomic mass is 10.2. The molecule has 3 aromatic heterocycles. The molecule has 1 unspecified atom stereocenters. The Labute approximate surface area is 178 Å². The molecule has 1 aliphatic rings. The first-order valence-corrected chi connectivity index (χ1v) is 12.5. The molecular weight excluding hydrogens is 434 g/mol. The van der Waals surface area contributed by atoms with Gasteiger partial charge in [-0.2, -0.15) is 8.75 Å². The van der Waals surface area contributed by atoms with Gasteiger partial charge < -0.3 is 15.7 Å². The van der Waals surface area contributed by atoms with E-state index in [1.54, 1.807) is 16.7 Å². The van der Waals surface area contributed by atoms with Crippen LogP contribution in [0.4, 0.5) is 17.3 Å². The lowest BCUT2D eigenvalue weighted by Crippen LogP contribution is -2.22. The second-order valence-electron chi connectivity index (χ2n) is 6.53. The Morgan fingerprint density at radius 3 is 2.79 bits per heavy atom. The van der Waals surface area contributed by atoms with Gasteiger partial charge in [-0.1, -0.05) is 6.92 Å². The zero-order chi connectivity index (χ0) is 19.7. The van der Waals surface area contributed by atoms with E-state index in [0.717, 1.165) is 31.0 Å². The minimum absolute atomic E-state index is 0.0145. The largest absolute Gasteiger partial charge is 0.504 e. The molecule has 0 aliphatic heterocycles. The molecule has 3 N–H and O–H groups in total. The summed E-state index contributed by atoms with van der Waals surface area (Å²) in [5, 5.41) is 20.9. The molecule has 3 heterocycles. The maximum atomic E-state index is 12.6. The van der Waals surface area contributed by atoms with Crippen LogP contribution in [-0.2, 0) is 24.0 Å². The van der Waals surface area contributed by atoms with E-state index in [-0.39, 0.29) is 5.75 Å². The minimum Gasteiger partial charge on any atom is -0.504 e. The molecule has 0 amide bonds. The first-order valence-electron chi connectivity index (χ1n) is 8.91. The second-order valence-corrected chi connectivity index (χ2v) is 10.7. The van der Waals surface area contributed by atoms with Crippen LogP contribution in [0.1, 0.15) is 30.2 Å². The van der Waals surface area contributed by atoms with Crippen LogP contribution >= 0.6 is 34.4 Å². The van der Waals surface area contributed by atoms with E-state index in [2.05, 4.69) is 37.8 Å². The zero-order valence-corrected chi connectivity index (χ0v) is 18.7. The fourth-order valence-electron chi connectivity index (χ4n) is 2.64. The molecule has 150 valence electrons. The second kappa shape index (κ2) is 8.46.